The van der Waals surface area contributed by atoms with Gasteiger partial charge in [0, 0.05) is 35.3 Å². The largest absolute Gasteiger partial charge is 0.416 e. The fourth-order valence-corrected chi connectivity index (χ4v) is 8.81. The molecular weight excluding hydrogens is 638 g/mol. The molecule has 13 heteroatoms. The standard InChI is InChI=1S/C33H29F3N4O4S2/c1-3-38(4-2)22-15-13-19(14-16-22)25-26-27(30(43)40(29(26)42)23-12-8-9-20(17-23)33(34,35)36)45-31-28(25)46-32(44)39(31)18-24(41)37-21-10-6-5-7-11-21/h5-17,25-27H,3-4,18H2,1-2H3,(H,37,41). The molecule has 0 spiro atoms. The lowest BCUT2D eigenvalue weighted by Crippen LogP contribution is -2.33. The number of aromatic nitrogens is 1. The monoisotopic (exact) mass is 666 g/mol. The molecule has 0 saturated carbocycles. The maximum absolute atomic E-state index is 14.1. The van der Waals surface area contributed by atoms with Gasteiger partial charge < -0.3 is 10.2 Å². The molecule has 2 aliphatic rings. The van der Waals surface area contributed by atoms with Gasteiger partial charge in [0.05, 0.1) is 22.2 Å². The van der Waals surface area contributed by atoms with Gasteiger partial charge in [0.1, 0.15) is 11.8 Å². The van der Waals surface area contributed by atoms with E-state index < -0.39 is 51.4 Å². The summed E-state index contributed by atoms with van der Waals surface area (Å²) in [6, 6.07) is 20.5. The molecule has 0 aliphatic carbocycles. The van der Waals surface area contributed by atoms with Crippen LogP contribution in [0.1, 0.15) is 35.8 Å². The first-order valence-corrected chi connectivity index (χ1v) is 16.4. The first kappa shape index (κ1) is 31.6. The molecule has 1 aromatic heterocycles. The molecule has 2 aliphatic heterocycles. The molecule has 238 valence electrons. The summed E-state index contributed by atoms with van der Waals surface area (Å²) in [7, 11) is 0. The quantitative estimate of drug-likeness (QED) is 0.225. The van der Waals surface area contributed by atoms with Crippen LogP contribution in [0.2, 0.25) is 0 Å². The van der Waals surface area contributed by atoms with Crippen molar-refractivity contribution >= 4 is 57.9 Å². The van der Waals surface area contributed by atoms with E-state index in [2.05, 4.69) is 10.2 Å². The van der Waals surface area contributed by atoms with Crippen LogP contribution in [0.25, 0.3) is 0 Å². The van der Waals surface area contributed by atoms with Gasteiger partial charge in [-0.15, -0.1) is 0 Å². The summed E-state index contributed by atoms with van der Waals surface area (Å²) in [6.07, 6.45) is -4.67. The third kappa shape index (κ3) is 5.73. The second-order valence-corrected chi connectivity index (χ2v) is 13.0. The number of benzene rings is 3. The van der Waals surface area contributed by atoms with Crippen LogP contribution >= 0.6 is 23.1 Å². The summed E-state index contributed by atoms with van der Waals surface area (Å²) in [5.74, 6) is -3.48. The minimum Gasteiger partial charge on any atom is -0.372 e. The van der Waals surface area contributed by atoms with Gasteiger partial charge in [-0.2, -0.15) is 13.2 Å². The van der Waals surface area contributed by atoms with Gasteiger partial charge in [-0.1, -0.05) is 59.5 Å². The number of nitrogens with zero attached hydrogens (tertiary/aromatic N) is 3. The summed E-state index contributed by atoms with van der Waals surface area (Å²) >= 11 is 1.92. The van der Waals surface area contributed by atoms with Crippen molar-refractivity contribution in [1.82, 2.24) is 4.57 Å². The van der Waals surface area contributed by atoms with Crippen LogP contribution < -0.4 is 20.0 Å². The smallest absolute Gasteiger partial charge is 0.372 e. The molecule has 1 saturated heterocycles. The molecule has 1 fully saturated rings. The highest BCUT2D eigenvalue weighted by atomic mass is 32.2. The number of halogens is 3. The average molecular weight is 667 g/mol. The van der Waals surface area contributed by atoms with Crippen LogP contribution in [0, 0.1) is 5.92 Å². The third-order valence-electron chi connectivity index (χ3n) is 8.22. The second kappa shape index (κ2) is 12.4. The van der Waals surface area contributed by atoms with Crippen molar-refractivity contribution in [2.24, 2.45) is 5.92 Å². The Morgan fingerprint density at radius 3 is 2.26 bits per heavy atom. The van der Waals surface area contributed by atoms with E-state index in [0.717, 1.165) is 65.0 Å². The average Bonchev–Trinajstić information content (AvgIpc) is 3.48. The predicted molar refractivity (Wildman–Crippen MR) is 173 cm³/mol. The molecule has 6 rings (SSSR count). The lowest BCUT2D eigenvalue weighted by Gasteiger charge is -2.31. The Morgan fingerprint density at radius 1 is 0.913 bits per heavy atom. The number of para-hydroxylation sites is 1. The summed E-state index contributed by atoms with van der Waals surface area (Å²) < 4.78 is 42.0. The summed E-state index contributed by atoms with van der Waals surface area (Å²) in [5, 5.41) is 2.13. The minimum atomic E-state index is -4.67. The zero-order chi connectivity index (χ0) is 32.7. The number of thiazole rings is 1. The molecule has 0 bridgehead atoms. The maximum atomic E-state index is 14.1. The van der Waals surface area contributed by atoms with E-state index >= 15 is 0 Å². The molecule has 3 unspecified atom stereocenters. The van der Waals surface area contributed by atoms with Gasteiger partial charge in [-0.25, -0.2) is 4.90 Å². The van der Waals surface area contributed by atoms with Crippen LogP contribution in [0.3, 0.4) is 0 Å². The van der Waals surface area contributed by atoms with Gasteiger partial charge in [-0.3, -0.25) is 23.7 Å². The van der Waals surface area contributed by atoms with Crippen molar-refractivity contribution < 1.29 is 27.6 Å². The Kier molecular flexibility index (Phi) is 8.55. The molecule has 3 atom stereocenters. The fourth-order valence-electron chi connectivity index (χ4n) is 6.04. The molecule has 1 N–H and O–H groups in total. The normalized spacial score (nSPS) is 19.2. The van der Waals surface area contributed by atoms with E-state index in [0.29, 0.717) is 21.2 Å². The van der Waals surface area contributed by atoms with E-state index in [1.807, 2.05) is 38.1 Å². The van der Waals surface area contributed by atoms with Crippen molar-refractivity contribution in [3.05, 3.63) is 105 Å². The number of nitrogens with one attached hydrogen (secondary N) is 1. The Balaban J connectivity index is 1.42. The van der Waals surface area contributed by atoms with Gasteiger partial charge in [0.15, 0.2) is 0 Å². The Bertz CT molecular complexity index is 1850. The Labute approximate surface area is 270 Å². The van der Waals surface area contributed by atoms with Gasteiger partial charge >= 0.3 is 11.0 Å². The van der Waals surface area contributed by atoms with Crippen LogP contribution in [0.15, 0.2) is 88.7 Å². The number of imide groups is 1. The SMILES string of the molecule is CCN(CC)c1ccc(C2c3sc(=O)n(CC(=O)Nc4ccccc4)c3SC3C(=O)N(c4cccc(C(F)(F)F)c4)C(=O)C32)cc1. The van der Waals surface area contributed by atoms with E-state index in [-0.39, 0.29) is 12.2 Å². The number of rotatable bonds is 8. The van der Waals surface area contributed by atoms with Gasteiger partial charge in [0.2, 0.25) is 17.7 Å². The van der Waals surface area contributed by atoms with Crippen LogP contribution in [0.5, 0.6) is 0 Å². The predicted octanol–water partition coefficient (Wildman–Crippen LogP) is 6.21. The highest BCUT2D eigenvalue weighted by molar-refractivity contribution is 8.00. The van der Waals surface area contributed by atoms with Crippen molar-refractivity contribution in [3.63, 3.8) is 0 Å². The summed E-state index contributed by atoms with van der Waals surface area (Å²) in [5.41, 5.74) is 1.05. The number of thioether (sulfide) groups is 1. The fraction of sp³-hybridized carbons (Fsp3) is 0.273. The second-order valence-electron chi connectivity index (χ2n) is 10.9. The first-order chi connectivity index (χ1) is 22.0. The molecule has 8 nitrogen and oxygen atoms in total. The molecule has 3 heterocycles. The number of amides is 3. The first-order valence-electron chi connectivity index (χ1n) is 14.7. The van der Waals surface area contributed by atoms with Crippen molar-refractivity contribution in [1.29, 1.82) is 0 Å². The number of fused-ring (bicyclic) bond motifs is 2. The minimum absolute atomic E-state index is 0.168. The highest BCUT2D eigenvalue weighted by Crippen LogP contribution is 2.54. The van der Waals surface area contributed by atoms with E-state index in [4.69, 9.17) is 0 Å². The molecule has 4 aromatic rings. The zero-order valence-electron chi connectivity index (χ0n) is 24.8. The van der Waals surface area contributed by atoms with Gasteiger partial charge in [0.25, 0.3) is 0 Å². The topological polar surface area (TPSA) is 91.7 Å². The number of carbonyl (C=O) groups excluding carboxylic acids is 3. The van der Waals surface area contributed by atoms with Gasteiger partial charge in [-0.05, 0) is 61.9 Å². The number of hydrogen-bond acceptors (Lipinski definition) is 7. The van der Waals surface area contributed by atoms with E-state index in [9.17, 15) is 32.3 Å². The molecular formula is C33H29F3N4O4S2. The van der Waals surface area contributed by atoms with Crippen LogP contribution in [0.4, 0.5) is 30.2 Å². The third-order valence-corrected chi connectivity index (χ3v) is 10.8. The van der Waals surface area contributed by atoms with Crippen molar-refractivity contribution in [2.45, 2.75) is 42.8 Å². The lowest BCUT2D eigenvalue weighted by atomic mass is 9.83. The summed E-state index contributed by atoms with van der Waals surface area (Å²) in [4.78, 5) is 57.5. The Hall–Kier alpha value is -4.36. The summed E-state index contributed by atoms with van der Waals surface area (Å²) in [6.45, 7) is 5.30. The molecule has 0 radical (unpaired) electrons. The number of alkyl halides is 3. The van der Waals surface area contributed by atoms with E-state index in [1.165, 1.54) is 10.6 Å². The Morgan fingerprint density at radius 2 is 1.61 bits per heavy atom. The number of anilines is 3. The van der Waals surface area contributed by atoms with Crippen LogP contribution in [-0.4, -0.2) is 40.6 Å². The molecule has 3 amide bonds. The highest BCUT2D eigenvalue weighted by Gasteiger charge is 2.57. The van der Waals surface area contributed by atoms with E-state index in [1.54, 1.807) is 30.3 Å². The van der Waals surface area contributed by atoms with Crippen molar-refractivity contribution in [2.75, 3.05) is 28.2 Å². The number of hydrogen-bond donors (Lipinski definition) is 1. The van der Waals surface area contributed by atoms with Crippen molar-refractivity contribution in [3.8, 4) is 0 Å². The lowest BCUT2D eigenvalue weighted by molar-refractivity contribution is -0.137. The molecule has 3 aromatic carbocycles. The number of carbonyl (C=O) groups is 3. The molecule has 46 heavy (non-hydrogen) atoms. The maximum Gasteiger partial charge on any atom is 0.416 e. The van der Waals surface area contributed by atoms with Crippen LogP contribution in [-0.2, 0) is 27.1 Å². The zero-order valence-corrected chi connectivity index (χ0v) is 26.4.